The number of anilines is 1. The number of ether oxygens (including phenoxy) is 1. The molecule has 1 aromatic carbocycles. The number of hydrogen-bond donors (Lipinski definition) is 2. The van der Waals surface area contributed by atoms with Crippen LogP contribution in [0, 0.1) is 0 Å². The van der Waals surface area contributed by atoms with E-state index in [-0.39, 0.29) is 12.6 Å². The van der Waals surface area contributed by atoms with E-state index in [2.05, 4.69) is 20.8 Å². The van der Waals surface area contributed by atoms with Crippen molar-refractivity contribution in [1.29, 1.82) is 0 Å². The fourth-order valence-electron chi connectivity index (χ4n) is 2.74. The predicted octanol–water partition coefficient (Wildman–Crippen LogP) is 2.95. The topological polar surface area (TPSA) is 75.8 Å². The van der Waals surface area contributed by atoms with E-state index in [4.69, 9.17) is 15.6 Å². The third-order valence-electron chi connectivity index (χ3n) is 4.08. The van der Waals surface area contributed by atoms with Crippen molar-refractivity contribution >= 4 is 27.6 Å². The van der Waals surface area contributed by atoms with Crippen LogP contribution < -0.4 is 5.73 Å². The Bertz CT molecular complexity index is 531. The highest BCUT2D eigenvalue weighted by molar-refractivity contribution is 9.10. The summed E-state index contributed by atoms with van der Waals surface area (Å²) in [5.74, 6) is -0.322. The lowest BCUT2D eigenvalue weighted by atomic mass is 10.1. The number of nitrogen functional groups attached to an aromatic ring is 1. The third-order valence-corrected chi connectivity index (χ3v) is 4.74. The summed E-state index contributed by atoms with van der Waals surface area (Å²) < 4.78 is 6.04. The number of benzene rings is 1. The van der Waals surface area contributed by atoms with Crippen molar-refractivity contribution in [2.45, 2.75) is 38.6 Å². The van der Waals surface area contributed by atoms with Crippen molar-refractivity contribution in [2.24, 2.45) is 0 Å². The summed E-state index contributed by atoms with van der Waals surface area (Å²) in [4.78, 5) is 14.5. The number of aliphatic hydroxyl groups excluding tert-OH is 1. The third kappa shape index (κ3) is 5.48. The van der Waals surface area contributed by atoms with Gasteiger partial charge in [-0.2, -0.15) is 0 Å². The number of unbranched alkanes of at least 4 members (excludes halogenated alkanes) is 2. The van der Waals surface area contributed by atoms with Crippen LogP contribution in [0.3, 0.4) is 0 Å². The standard InChI is InChI=1S/C17H25BrN2O3/c18-15-11-13(17(22)23-9-5-1-4-8-21)10-14(16(15)19)12-20-6-2-3-7-20/h10-11,21H,1-9,12,19H2. The summed E-state index contributed by atoms with van der Waals surface area (Å²) in [6.45, 7) is 3.48. The molecule has 1 aliphatic rings. The van der Waals surface area contributed by atoms with E-state index in [1.807, 2.05) is 6.07 Å². The van der Waals surface area contributed by atoms with E-state index >= 15 is 0 Å². The smallest absolute Gasteiger partial charge is 0.338 e. The van der Waals surface area contributed by atoms with Crippen LogP contribution >= 0.6 is 15.9 Å². The SMILES string of the molecule is Nc1c(Br)cc(C(=O)OCCCCCO)cc1CN1CCCC1. The molecule has 5 nitrogen and oxygen atoms in total. The van der Waals surface area contributed by atoms with Gasteiger partial charge < -0.3 is 15.6 Å². The molecule has 0 amide bonds. The van der Waals surface area contributed by atoms with Gasteiger partial charge in [-0.05, 0) is 78.8 Å². The molecule has 0 unspecified atom stereocenters. The number of rotatable bonds is 8. The van der Waals surface area contributed by atoms with Crippen molar-refractivity contribution in [3.8, 4) is 0 Å². The van der Waals surface area contributed by atoms with Gasteiger partial charge >= 0.3 is 5.97 Å². The summed E-state index contributed by atoms with van der Waals surface area (Å²) in [7, 11) is 0. The van der Waals surface area contributed by atoms with Gasteiger partial charge in [0.15, 0.2) is 0 Å². The molecule has 0 aliphatic carbocycles. The number of hydrogen-bond acceptors (Lipinski definition) is 5. The highest BCUT2D eigenvalue weighted by Crippen LogP contribution is 2.28. The van der Waals surface area contributed by atoms with E-state index in [0.29, 0.717) is 17.9 Å². The second-order valence-electron chi connectivity index (χ2n) is 5.93. The average molecular weight is 385 g/mol. The van der Waals surface area contributed by atoms with Crippen LogP contribution in [0.15, 0.2) is 16.6 Å². The minimum absolute atomic E-state index is 0.179. The molecule has 6 heteroatoms. The highest BCUT2D eigenvalue weighted by Gasteiger charge is 2.17. The van der Waals surface area contributed by atoms with Crippen LogP contribution in [0.2, 0.25) is 0 Å². The molecule has 1 heterocycles. The molecule has 1 fully saturated rings. The molecule has 0 saturated carbocycles. The van der Waals surface area contributed by atoms with Crippen molar-refractivity contribution < 1.29 is 14.6 Å². The predicted molar refractivity (Wildman–Crippen MR) is 94.3 cm³/mol. The first-order valence-corrected chi connectivity index (χ1v) is 8.99. The Morgan fingerprint density at radius 1 is 1.26 bits per heavy atom. The van der Waals surface area contributed by atoms with Crippen molar-refractivity contribution in [3.63, 3.8) is 0 Å². The molecule has 128 valence electrons. The minimum atomic E-state index is -0.322. The Morgan fingerprint density at radius 3 is 2.70 bits per heavy atom. The summed E-state index contributed by atoms with van der Waals surface area (Å²) in [5, 5.41) is 8.73. The van der Waals surface area contributed by atoms with Crippen LogP contribution in [-0.4, -0.2) is 42.3 Å². The summed E-state index contributed by atoms with van der Waals surface area (Å²) in [5.41, 5.74) is 8.32. The first kappa shape index (κ1) is 18.2. The Morgan fingerprint density at radius 2 is 2.00 bits per heavy atom. The van der Waals surface area contributed by atoms with E-state index < -0.39 is 0 Å². The fourth-order valence-corrected chi connectivity index (χ4v) is 3.25. The van der Waals surface area contributed by atoms with Crippen LogP contribution in [-0.2, 0) is 11.3 Å². The molecular weight excluding hydrogens is 360 g/mol. The summed E-state index contributed by atoms with van der Waals surface area (Å²) in [6, 6.07) is 3.56. The molecule has 23 heavy (non-hydrogen) atoms. The van der Waals surface area contributed by atoms with Gasteiger partial charge in [0.2, 0.25) is 0 Å². The fraction of sp³-hybridized carbons (Fsp3) is 0.588. The van der Waals surface area contributed by atoms with Gasteiger partial charge in [-0.1, -0.05) is 0 Å². The number of nitrogens with two attached hydrogens (primary N) is 1. The van der Waals surface area contributed by atoms with Crippen molar-refractivity contribution in [1.82, 2.24) is 4.90 Å². The van der Waals surface area contributed by atoms with Gasteiger partial charge in [0.1, 0.15) is 0 Å². The van der Waals surface area contributed by atoms with E-state index in [9.17, 15) is 4.79 Å². The number of carbonyl (C=O) groups is 1. The lowest BCUT2D eigenvalue weighted by molar-refractivity contribution is 0.0496. The first-order valence-electron chi connectivity index (χ1n) is 8.20. The minimum Gasteiger partial charge on any atom is -0.462 e. The molecule has 1 aliphatic heterocycles. The Balaban J connectivity index is 1.97. The second-order valence-corrected chi connectivity index (χ2v) is 6.79. The molecule has 2 rings (SSSR count). The largest absolute Gasteiger partial charge is 0.462 e. The van der Waals surface area contributed by atoms with E-state index in [1.165, 1.54) is 12.8 Å². The van der Waals surface area contributed by atoms with Gasteiger partial charge in [-0.25, -0.2) is 4.79 Å². The Labute approximate surface area is 145 Å². The maximum Gasteiger partial charge on any atom is 0.338 e. The number of halogens is 1. The number of aliphatic hydroxyl groups is 1. The zero-order valence-electron chi connectivity index (χ0n) is 13.4. The molecule has 0 bridgehead atoms. The molecule has 0 aromatic heterocycles. The first-order chi connectivity index (χ1) is 11.1. The number of likely N-dealkylation sites (tertiary alicyclic amines) is 1. The lowest BCUT2D eigenvalue weighted by Crippen LogP contribution is -2.20. The van der Waals surface area contributed by atoms with Gasteiger partial charge in [-0.3, -0.25) is 4.90 Å². The summed E-state index contributed by atoms with van der Waals surface area (Å²) in [6.07, 6.45) is 4.80. The molecule has 0 atom stereocenters. The van der Waals surface area contributed by atoms with Crippen molar-refractivity contribution in [2.75, 3.05) is 32.0 Å². The Kier molecular flexibility index (Phi) is 7.33. The molecular formula is C17H25BrN2O3. The Hall–Kier alpha value is -1.11. The van der Waals surface area contributed by atoms with E-state index in [0.717, 1.165) is 48.9 Å². The maximum absolute atomic E-state index is 12.2. The average Bonchev–Trinajstić information content (AvgIpc) is 3.04. The van der Waals surface area contributed by atoms with Gasteiger partial charge in [-0.15, -0.1) is 0 Å². The summed E-state index contributed by atoms with van der Waals surface area (Å²) >= 11 is 3.44. The molecule has 1 saturated heterocycles. The number of carbonyl (C=O) groups excluding carboxylic acids is 1. The maximum atomic E-state index is 12.2. The number of nitrogens with zero attached hydrogens (tertiary/aromatic N) is 1. The molecule has 0 radical (unpaired) electrons. The van der Waals surface area contributed by atoms with Crippen LogP contribution in [0.1, 0.15) is 48.0 Å². The monoisotopic (exact) mass is 384 g/mol. The van der Waals surface area contributed by atoms with Crippen LogP contribution in [0.4, 0.5) is 5.69 Å². The van der Waals surface area contributed by atoms with Crippen LogP contribution in [0.5, 0.6) is 0 Å². The van der Waals surface area contributed by atoms with E-state index in [1.54, 1.807) is 6.07 Å². The van der Waals surface area contributed by atoms with Crippen molar-refractivity contribution in [3.05, 3.63) is 27.7 Å². The lowest BCUT2D eigenvalue weighted by Gasteiger charge is -2.17. The molecule has 0 spiro atoms. The molecule has 3 N–H and O–H groups in total. The zero-order chi connectivity index (χ0) is 16.7. The normalized spacial score (nSPS) is 15.0. The second kappa shape index (κ2) is 9.25. The van der Waals surface area contributed by atoms with Crippen LogP contribution in [0.25, 0.3) is 0 Å². The quantitative estimate of drug-likeness (QED) is 0.409. The van der Waals surface area contributed by atoms with Gasteiger partial charge in [0.25, 0.3) is 0 Å². The zero-order valence-corrected chi connectivity index (χ0v) is 15.0. The number of esters is 1. The highest BCUT2D eigenvalue weighted by atomic mass is 79.9. The van der Waals surface area contributed by atoms with Gasteiger partial charge in [0.05, 0.1) is 17.9 Å². The van der Waals surface area contributed by atoms with Gasteiger partial charge in [0, 0.05) is 17.6 Å². The molecule has 1 aromatic rings.